The third-order valence-electron chi connectivity index (χ3n) is 3.27. The van der Waals surface area contributed by atoms with E-state index in [4.69, 9.17) is 9.47 Å². The number of carbonyl (C=O) groups is 1. The van der Waals surface area contributed by atoms with Gasteiger partial charge in [0.15, 0.2) is 5.79 Å². The number of hydrogen-bond donors (Lipinski definition) is 0. The molecular weight excluding hydrogens is 196 g/mol. The van der Waals surface area contributed by atoms with Gasteiger partial charge >= 0.3 is 5.97 Å². The Kier molecular flexibility index (Phi) is 3.26. The molecule has 2 rings (SSSR count). The Labute approximate surface area is 89.9 Å². The highest BCUT2D eigenvalue weighted by atomic mass is 16.7. The summed E-state index contributed by atoms with van der Waals surface area (Å²) in [6, 6.07) is 0. The van der Waals surface area contributed by atoms with Gasteiger partial charge in [0.2, 0.25) is 0 Å². The molecule has 2 fully saturated rings. The fourth-order valence-corrected chi connectivity index (χ4v) is 2.56. The van der Waals surface area contributed by atoms with Gasteiger partial charge in [-0.15, -0.1) is 0 Å². The average Bonchev–Trinajstić information content (AvgIpc) is 2.66. The van der Waals surface area contributed by atoms with Crippen LogP contribution in [0.5, 0.6) is 0 Å². The van der Waals surface area contributed by atoms with E-state index in [1.807, 2.05) is 0 Å². The molecule has 0 N–H and O–H groups in total. The molecule has 0 bridgehead atoms. The highest BCUT2D eigenvalue weighted by Gasteiger charge is 2.41. The molecule has 1 heterocycles. The van der Waals surface area contributed by atoms with Crippen molar-refractivity contribution in [2.24, 2.45) is 5.92 Å². The fourth-order valence-electron chi connectivity index (χ4n) is 2.56. The molecule has 1 aliphatic carbocycles. The van der Waals surface area contributed by atoms with Crippen LogP contribution in [0.4, 0.5) is 0 Å². The van der Waals surface area contributed by atoms with E-state index in [1.165, 1.54) is 7.11 Å². The fraction of sp³-hybridized carbons (Fsp3) is 0.909. The zero-order valence-electron chi connectivity index (χ0n) is 9.16. The first-order valence-electron chi connectivity index (χ1n) is 5.59. The minimum absolute atomic E-state index is 0.130. The van der Waals surface area contributed by atoms with Crippen LogP contribution in [0.15, 0.2) is 0 Å². The first kappa shape index (κ1) is 10.9. The smallest absolute Gasteiger partial charge is 0.305 e. The Balaban J connectivity index is 1.89. The Hall–Kier alpha value is -0.610. The topological polar surface area (TPSA) is 44.8 Å². The highest BCUT2D eigenvalue weighted by molar-refractivity contribution is 5.69. The van der Waals surface area contributed by atoms with Crippen molar-refractivity contribution in [3.05, 3.63) is 0 Å². The summed E-state index contributed by atoms with van der Waals surface area (Å²) in [5.41, 5.74) is 0. The lowest BCUT2D eigenvalue weighted by Gasteiger charge is -2.35. The van der Waals surface area contributed by atoms with Gasteiger partial charge in [0, 0.05) is 19.3 Å². The molecule has 2 aliphatic rings. The second kappa shape index (κ2) is 4.49. The molecule has 0 aromatic rings. The molecule has 1 saturated heterocycles. The van der Waals surface area contributed by atoms with Crippen LogP contribution in [0, 0.1) is 5.92 Å². The number of methoxy groups -OCH3 is 1. The van der Waals surface area contributed by atoms with E-state index in [1.54, 1.807) is 0 Å². The van der Waals surface area contributed by atoms with Crippen molar-refractivity contribution in [2.45, 2.75) is 37.9 Å². The Bertz CT molecular complexity index is 233. The van der Waals surface area contributed by atoms with Gasteiger partial charge < -0.3 is 14.2 Å². The normalized spacial score (nSPS) is 29.3. The van der Waals surface area contributed by atoms with Gasteiger partial charge in [0.25, 0.3) is 0 Å². The van der Waals surface area contributed by atoms with E-state index in [2.05, 4.69) is 4.74 Å². The molecule has 0 radical (unpaired) electrons. The van der Waals surface area contributed by atoms with Crippen LogP contribution >= 0.6 is 0 Å². The summed E-state index contributed by atoms with van der Waals surface area (Å²) < 4.78 is 16.0. The van der Waals surface area contributed by atoms with Crippen molar-refractivity contribution in [1.82, 2.24) is 0 Å². The van der Waals surface area contributed by atoms with Crippen LogP contribution in [0.25, 0.3) is 0 Å². The van der Waals surface area contributed by atoms with E-state index in [-0.39, 0.29) is 11.8 Å². The maximum atomic E-state index is 11.2. The van der Waals surface area contributed by atoms with Gasteiger partial charge in [-0.2, -0.15) is 0 Å². The second-order valence-corrected chi connectivity index (χ2v) is 4.35. The maximum Gasteiger partial charge on any atom is 0.305 e. The Morgan fingerprint density at radius 2 is 2.20 bits per heavy atom. The summed E-state index contributed by atoms with van der Waals surface area (Å²) in [5, 5.41) is 0. The van der Waals surface area contributed by atoms with Crippen LogP contribution in [0.3, 0.4) is 0 Å². The zero-order valence-corrected chi connectivity index (χ0v) is 9.16. The standard InChI is InChI=1S/C11H18O4/c1-13-10(12)7-9-3-2-4-11(8-9)14-5-6-15-11/h9H,2-8H2,1H3/t9-/m0/s1. The molecule has 4 heteroatoms. The number of rotatable bonds is 2. The lowest BCUT2D eigenvalue weighted by atomic mass is 9.83. The Morgan fingerprint density at radius 3 is 2.87 bits per heavy atom. The lowest BCUT2D eigenvalue weighted by molar-refractivity contribution is -0.188. The Morgan fingerprint density at radius 1 is 1.47 bits per heavy atom. The second-order valence-electron chi connectivity index (χ2n) is 4.35. The summed E-state index contributed by atoms with van der Waals surface area (Å²) >= 11 is 0. The van der Waals surface area contributed by atoms with Crippen molar-refractivity contribution >= 4 is 5.97 Å². The molecule has 0 aromatic carbocycles. The highest BCUT2D eigenvalue weighted by Crippen LogP contribution is 2.39. The third-order valence-corrected chi connectivity index (χ3v) is 3.27. The monoisotopic (exact) mass is 214 g/mol. The van der Waals surface area contributed by atoms with Crippen molar-refractivity contribution in [2.75, 3.05) is 20.3 Å². The average molecular weight is 214 g/mol. The predicted molar refractivity (Wildman–Crippen MR) is 53.2 cm³/mol. The molecule has 86 valence electrons. The van der Waals surface area contributed by atoms with Crippen LogP contribution in [-0.4, -0.2) is 32.1 Å². The number of carbonyl (C=O) groups excluding carboxylic acids is 1. The van der Waals surface area contributed by atoms with Gasteiger partial charge in [-0.25, -0.2) is 0 Å². The molecule has 4 nitrogen and oxygen atoms in total. The first-order chi connectivity index (χ1) is 7.24. The van der Waals surface area contributed by atoms with Gasteiger partial charge in [0.05, 0.1) is 20.3 Å². The van der Waals surface area contributed by atoms with E-state index in [0.29, 0.717) is 25.6 Å². The van der Waals surface area contributed by atoms with E-state index in [9.17, 15) is 4.79 Å². The van der Waals surface area contributed by atoms with Crippen molar-refractivity contribution in [3.8, 4) is 0 Å². The van der Waals surface area contributed by atoms with Crippen molar-refractivity contribution in [3.63, 3.8) is 0 Å². The minimum Gasteiger partial charge on any atom is -0.469 e. The van der Waals surface area contributed by atoms with Crippen LogP contribution in [0.2, 0.25) is 0 Å². The molecule has 0 unspecified atom stereocenters. The number of hydrogen-bond acceptors (Lipinski definition) is 4. The van der Waals surface area contributed by atoms with Gasteiger partial charge in [-0.1, -0.05) is 0 Å². The molecular formula is C11H18O4. The van der Waals surface area contributed by atoms with Crippen LogP contribution in [0.1, 0.15) is 32.1 Å². The van der Waals surface area contributed by atoms with Crippen LogP contribution in [-0.2, 0) is 19.0 Å². The molecule has 1 spiro atoms. The van der Waals surface area contributed by atoms with E-state index in [0.717, 1.165) is 25.7 Å². The summed E-state index contributed by atoms with van der Waals surface area (Å²) in [4.78, 5) is 11.2. The number of esters is 1. The predicted octanol–water partition coefficient (Wildman–Crippen LogP) is 1.48. The van der Waals surface area contributed by atoms with Gasteiger partial charge in [0.1, 0.15) is 0 Å². The molecule has 0 amide bonds. The van der Waals surface area contributed by atoms with E-state index >= 15 is 0 Å². The van der Waals surface area contributed by atoms with Crippen molar-refractivity contribution < 1.29 is 19.0 Å². The largest absolute Gasteiger partial charge is 0.469 e. The van der Waals surface area contributed by atoms with Gasteiger partial charge in [-0.3, -0.25) is 4.79 Å². The zero-order chi connectivity index (χ0) is 10.7. The minimum atomic E-state index is -0.378. The lowest BCUT2D eigenvalue weighted by Crippen LogP contribution is -2.37. The summed E-state index contributed by atoms with van der Waals surface area (Å²) in [7, 11) is 1.43. The third kappa shape index (κ3) is 2.49. The quantitative estimate of drug-likeness (QED) is 0.653. The molecule has 1 saturated carbocycles. The molecule has 0 aromatic heterocycles. The molecule has 1 atom stereocenters. The summed E-state index contributed by atoms with van der Waals surface area (Å²) in [6.45, 7) is 1.37. The first-order valence-corrected chi connectivity index (χ1v) is 5.59. The summed E-state index contributed by atoms with van der Waals surface area (Å²) in [5.74, 6) is -0.156. The number of ether oxygens (including phenoxy) is 3. The summed E-state index contributed by atoms with van der Waals surface area (Å²) in [6.07, 6.45) is 4.43. The van der Waals surface area contributed by atoms with E-state index < -0.39 is 0 Å². The SMILES string of the molecule is COC(=O)C[C@@H]1CCCC2(C1)OCCO2. The van der Waals surface area contributed by atoms with Crippen LogP contribution < -0.4 is 0 Å². The molecule has 15 heavy (non-hydrogen) atoms. The van der Waals surface area contributed by atoms with Crippen molar-refractivity contribution in [1.29, 1.82) is 0 Å². The van der Waals surface area contributed by atoms with Gasteiger partial charge in [-0.05, 0) is 18.8 Å². The molecule has 1 aliphatic heterocycles. The maximum absolute atomic E-state index is 11.2.